The Kier molecular flexibility index (Phi) is 5.21. The zero-order valence-electron chi connectivity index (χ0n) is 11.7. The van der Waals surface area contributed by atoms with E-state index in [0.717, 1.165) is 6.08 Å². The van der Waals surface area contributed by atoms with E-state index in [0.29, 0.717) is 0 Å². The van der Waals surface area contributed by atoms with Crippen molar-refractivity contribution in [3.05, 3.63) is 12.7 Å². The van der Waals surface area contributed by atoms with E-state index in [1.54, 1.807) is 0 Å². The second-order valence-electron chi connectivity index (χ2n) is 5.43. The van der Waals surface area contributed by atoms with Crippen molar-refractivity contribution in [1.29, 1.82) is 0 Å². The Morgan fingerprint density at radius 3 is 2.05 bits per heavy atom. The van der Waals surface area contributed by atoms with E-state index in [1.807, 2.05) is 0 Å². The van der Waals surface area contributed by atoms with Crippen LogP contribution in [0.3, 0.4) is 0 Å². The molecule has 3 nitrogen and oxygen atoms in total. The van der Waals surface area contributed by atoms with Gasteiger partial charge in [-0.3, -0.25) is 0 Å². The van der Waals surface area contributed by atoms with Gasteiger partial charge in [-0.1, -0.05) is 13.5 Å². The maximum atomic E-state index is 12.8. The molecule has 3 unspecified atom stereocenters. The summed E-state index contributed by atoms with van der Waals surface area (Å²) in [6.07, 6.45) is -12.9. The molecule has 1 N–H and O–H groups in total. The summed E-state index contributed by atoms with van der Waals surface area (Å²) in [6.45, 7) is 4.53. The summed E-state index contributed by atoms with van der Waals surface area (Å²) in [4.78, 5) is 11.1. The van der Waals surface area contributed by atoms with Gasteiger partial charge in [-0.25, -0.2) is 4.79 Å². The molecule has 1 aliphatic rings. The second kappa shape index (κ2) is 6.10. The Morgan fingerprint density at radius 2 is 1.68 bits per heavy atom. The first-order valence-electron chi connectivity index (χ1n) is 6.53. The van der Waals surface area contributed by atoms with Gasteiger partial charge in [-0.15, -0.1) is 0 Å². The number of alkyl halides is 6. The number of ether oxygens (including phenoxy) is 1. The third kappa shape index (κ3) is 3.39. The maximum Gasteiger partial charge on any atom is 0.426 e. The molecule has 0 bridgehead atoms. The van der Waals surface area contributed by atoms with Gasteiger partial charge in [0, 0.05) is 12.0 Å². The van der Waals surface area contributed by atoms with E-state index in [9.17, 15) is 36.2 Å². The Labute approximate surface area is 122 Å². The molecular weight excluding hydrogens is 318 g/mol. The molecule has 1 rings (SSSR count). The van der Waals surface area contributed by atoms with Gasteiger partial charge in [-0.05, 0) is 25.2 Å². The van der Waals surface area contributed by atoms with E-state index in [-0.39, 0.29) is 6.42 Å². The van der Waals surface area contributed by atoms with Crippen LogP contribution in [0.25, 0.3) is 0 Å². The highest BCUT2D eigenvalue weighted by molar-refractivity contribution is 5.81. The lowest BCUT2D eigenvalue weighted by atomic mass is 9.71. The highest BCUT2D eigenvalue weighted by Crippen LogP contribution is 2.52. The molecular formula is C13H16F6O3. The molecule has 1 fully saturated rings. The minimum absolute atomic E-state index is 0.195. The Hall–Kier alpha value is -1.25. The third-order valence-corrected chi connectivity index (χ3v) is 3.98. The summed E-state index contributed by atoms with van der Waals surface area (Å²) in [5.74, 6) is -3.59. The smallest absolute Gasteiger partial charge is 0.426 e. The maximum absolute atomic E-state index is 12.8. The fourth-order valence-electron chi connectivity index (χ4n) is 2.74. The lowest BCUT2D eigenvalue weighted by molar-refractivity contribution is -0.388. The lowest BCUT2D eigenvalue weighted by Crippen LogP contribution is -2.62. The summed E-state index contributed by atoms with van der Waals surface area (Å²) in [5, 5.41) is 9.37. The number of esters is 1. The largest absolute Gasteiger partial charge is 0.459 e. The van der Waals surface area contributed by atoms with Gasteiger partial charge in [0.15, 0.2) is 0 Å². The van der Waals surface area contributed by atoms with Crippen molar-refractivity contribution in [3.8, 4) is 0 Å². The third-order valence-electron chi connectivity index (χ3n) is 3.98. The molecule has 9 heteroatoms. The zero-order valence-corrected chi connectivity index (χ0v) is 11.7. The van der Waals surface area contributed by atoms with Crippen molar-refractivity contribution < 1.29 is 41.0 Å². The van der Waals surface area contributed by atoms with Gasteiger partial charge >= 0.3 is 18.3 Å². The standard InChI is InChI=1S/C13H16F6O3/c1-3-10(20)22-9-5-4-8(6-7(9)2)11(21,12(14,15)16)13(17,18)19/h3,7-9,21H,1,4-6H2,2H3. The molecule has 3 atom stereocenters. The second-order valence-corrected chi connectivity index (χ2v) is 5.43. The summed E-state index contributed by atoms with van der Waals surface area (Å²) < 4.78 is 81.7. The molecule has 1 saturated carbocycles. The van der Waals surface area contributed by atoms with E-state index in [4.69, 9.17) is 4.74 Å². The Balaban J connectivity index is 2.95. The molecule has 1 aliphatic carbocycles. The number of rotatable bonds is 3. The van der Waals surface area contributed by atoms with E-state index in [1.165, 1.54) is 6.92 Å². The van der Waals surface area contributed by atoms with Crippen molar-refractivity contribution >= 4 is 5.97 Å². The zero-order chi connectivity index (χ0) is 17.3. The summed E-state index contributed by atoms with van der Waals surface area (Å²) in [7, 11) is 0. The van der Waals surface area contributed by atoms with Crippen LogP contribution in [0.4, 0.5) is 26.3 Å². The quantitative estimate of drug-likeness (QED) is 0.489. The monoisotopic (exact) mass is 334 g/mol. The number of hydrogen-bond donors (Lipinski definition) is 1. The molecule has 22 heavy (non-hydrogen) atoms. The fourth-order valence-corrected chi connectivity index (χ4v) is 2.74. The van der Waals surface area contributed by atoms with Crippen molar-refractivity contribution in [2.45, 2.75) is 50.2 Å². The molecule has 0 aromatic rings. The van der Waals surface area contributed by atoms with Crippen LogP contribution in [0.1, 0.15) is 26.2 Å². The van der Waals surface area contributed by atoms with Crippen LogP contribution in [0.15, 0.2) is 12.7 Å². The van der Waals surface area contributed by atoms with E-state index < -0.39 is 54.7 Å². The van der Waals surface area contributed by atoms with Crippen LogP contribution in [0.2, 0.25) is 0 Å². The Morgan fingerprint density at radius 1 is 1.18 bits per heavy atom. The predicted molar refractivity (Wildman–Crippen MR) is 63.6 cm³/mol. The van der Waals surface area contributed by atoms with Crippen molar-refractivity contribution in [3.63, 3.8) is 0 Å². The first-order valence-corrected chi connectivity index (χ1v) is 6.53. The van der Waals surface area contributed by atoms with Crippen LogP contribution < -0.4 is 0 Å². The molecule has 0 spiro atoms. The number of carbonyl (C=O) groups is 1. The SMILES string of the molecule is C=CC(=O)OC1CCC(C(O)(C(F)(F)F)C(F)(F)F)CC1C. The predicted octanol–water partition coefficient (Wildman–Crippen LogP) is 3.38. The Bertz CT molecular complexity index is 414. The normalized spacial score (nSPS) is 27.4. The minimum Gasteiger partial charge on any atom is -0.459 e. The molecule has 0 radical (unpaired) electrons. The first-order chi connectivity index (χ1) is 9.84. The molecule has 0 saturated heterocycles. The summed E-state index contributed by atoms with van der Waals surface area (Å²) in [6, 6.07) is 0. The van der Waals surface area contributed by atoms with Crippen LogP contribution in [-0.4, -0.2) is 35.1 Å². The summed E-state index contributed by atoms with van der Waals surface area (Å²) in [5.41, 5.74) is -4.76. The van der Waals surface area contributed by atoms with Crippen LogP contribution >= 0.6 is 0 Å². The van der Waals surface area contributed by atoms with Crippen molar-refractivity contribution in [2.24, 2.45) is 11.8 Å². The van der Waals surface area contributed by atoms with Gasteiger partial charge in [0.1, 0.15) is 6.10 Å². The highest BCUT2D eigenvalue weighted by atomic mass is 19.4. The van der Waals surface area contributed by atoms with Crippen LogP contribution in [0, 0.1) is 11.8 Å². The number of aliphatic hydroxyl groups is 1. The highest BCUT2D eigenvalue weighted by Gasteiger charge is 2.73. The molecule has 128 valence electrons. The molecule has 0 aromatic carbocycles. The van der Waals surface area contributed by atoms with Crippen molar-refractivity contribution in [2.75, 3.05) is 0 Å². The van der Waals surface area contributed by atoms with Crippen LogP contribution in [-0.2, 0) is 9.53 Å². The number of halogens is 6. The topological polar surface area (TPSA) is 46.5 Å². The lowest BCUT2D eigenvalue weighted by Gasteiger charge is -2.43. The van der Waals surface area contributed by atoms with E-state index in [2.05, 4.69) is 6.58 Å². The van der Waals surface area contributed by atoms with Gasteiger partial charge in [0.05, 0.1) is 0 Å². The fraction of sp³-hybridized carbons (Fsp3) is 0.769. The molecule has 0 aliphatic heterocycles. The van der Waals surface area contributed by atoms with Crippen molar-refractivity contribution in [1.82, 2.24) is 0 Å². The van der Waals surface area contributed by atoms with Gasteiger partial charge in [0.25, 0.3) is 5.60 Å². The number of carbonyl (C=O) groups excluding carboxylic acids is 1. The number of hydrogen-bond acceptors (Lipinski definition) is 3. The summed E-state index contributed by atoms with van der Waals surface area (Å²) >= 11 is 0. The first kappa shape index (κ1) is 18.8. The van der Waals surface area contributed by atoms with Gasteiger partial charge in [0.2, 0.25) is 0 Å². The molecule has 0 amide bonds. The average Bonchev–Trinajstić information content (AvgIpc) is 2.37. The van der Waals surface area contributed by atoms with E-state index >= 15 is 0 Å². The minimum atomic E-state index is -5.83. The van der Waals surface area contributed by atoms with Gasteiger partial charge < -0.3 is 9.84 Å². The van der Waals surface area contributed by atoms with Crippen LogP contribution in [0.5, 0.6) is 0 Å². The van der Waals surface area contributed by atoms with Gasteiger partial charge in [-0.2, -0.15) is 26.3 Å². The average molecular weight is 334 g/mol. The molecule has 0 aromatic heterocycles. The molecule has 0 heterocycles.